The van der Waals surface area contributed by atoms with Crippen LogP contribution in [0.1, 0.15) is 25.8 Å². The number of hydrogen-bond donors (Lipinski definition) is 0. The highest BCUT2D eigenvalue weighted by molar-refractivity contribution is 5.94. The zero-order valence-electron chi connectivity index (χ0n) is 14.1. The molecule has 1 rings (SSSR count). The highest BCUT2D eigenvalue weighted by atomic mass is 16.6. The molecule has 0 bridgehead atoms. The fraction of sp³-hybridized carbons (Fsp3) is 0.333. The minimum Gasteiger partial charge on any atom is -0.463 e. The molecular formula is C18H20O7. The smallest absolute Gasteiger partial charge is 0.355 e. The Kier molecular flexibility index (Phi) is 8.63. The van der Waals surface area contributed by atoms with Crippen molar-refractivity contribution in [1.82, 2.24) is 0 Å². The largest absolute Gasteiger partial charge is 0.463 e. The molecule has 0 N–H and O–H groups in total. The van der Waals surface area contributed by atoms with E-state index < -0.39 is 30.0 Å². The fourth-order valence-corrected chi connectivity index (χ4v) is 1.78. The lowest BCUT2D eigenvalue weighted by molar-refractivity contribution is -0.172. The number of hydrogen-bond acceptors (Lipinski definition) is 7. The van der Waals surface area contributed by atoms with Crippen LogP contribution in [0.5, 0.6) is 0 Å². The van der Waals surface area contributed by atoms with Crippen LogP contribution in [-0.4, -0.2) is 36.6 Å². The number of ether oxygens (including phenoxy) is 3. The Labute approximate surface area is 145 Å². The van der Waals surface area contributed by atoms with Crippen LogP contribution in [0.2, 0.25) is 0 Å². The molecule has 1 unspecified atom stereocenters. The lowest BCUT2D eigenvalue weighted by Gasteiger charge is -2.13. The third-order valence-electron chi connectivity index (χ3n) is 2.94. The molecule has 0 amide bonds. The first-order valence-electron chi connectivity index (χ1n) is 7.80. The van der Waals surface area contributed by atoms with Gasteiger partial charge in [0.25, 0.3) is 0 Å². The first-order valence-corrected chi connectivity index (χ1v) is 7.80. The normalized spacial score (nSPS) is 11.6. The Bertz CT molecular complexity index is 634. The summed E-state index contributed by atoms with van der Waals surface area (Å²) in [5.74, 6) is -3.31. The van der Waals surface area contributed by atoms with Crippen LogP contribution in [0, 0.1) is 0 Å². The molecule has 0 saturated carbocycles. The quantitative estimate of drug-likeness (QED) is 0.305. The summed E-state index contributed by atoms with van der Waals surface area (Å²) in [4.78, 5) is 46.4. The van der Waals surface area contributed by atoms with E-state index in [1.165, 1.54) is 0 Å². The molecule has 0 aromatic heterocycles. The van der Waals surface area contributed by atoms with Crippen molar-refractivity contribution in [2.24, 2.45) is 0 Å². The lowest BCUT2D eigenvalue weighted by atomic mass is 10.1. The molecule has 0 aliphatic heterocycles. The van der Waals surface area contributed by atoms with Gasteiger partial charge in [-0.15, -0.1) is 0 Å². The van der Waals surface area contributed by atoms with Gasteiger partial charge in [-0.1, -0.05) is 37.3 Å². The number of esters is 4. The van der Waals surface area contributed by atoms with E-state index in [4.69, 9.17) is 9.47 Å². The van der Waals surface area contributed by atoms with E-state index in [-0.39, 0.29) is 19.4 Å². The average Bonchev–Trinajstić information content (AvgIpc) is 2.58. The summed E-state index contributed by atoms with van der Waals surface area (Å²) in [7, 11) is 0. The highest BCUT2D eigenvalue weighted by Gasteiger charge is 2.24. The standard InChI is InChI=1S/C18H20O7/c1-3-14(24-16(20)11-10-15(19)23-4-2)18(22)25-17(21)12-13-8-6-5-7-9-13/h5-11,14H,3-4,12H2,1-2H3/b11-10-. The maximum Gasteiger partial charge on any atom is 0.355 e. The van der Waals surface area contributed by atoms with Crippen LogP contribution in [-0.2, 0) is 39.8 Å². The van der Waals surface area contributed by atoms with Gasteiger partial charge in [-0.2, -0.15) is 0 Å². The van der Waals surface area contributed by atoms with E-state index in [1.807, 2.05) is 0 Å². The average molecular weight is 348 g/mol. The summed E-state index contributed by atoms with van der Waals surface area (Å²) < 4.78 is 14.2. The molecule has 0 fully saturated rings. The van der Waals surface area contributed by atoms with Gasteiger partial charge in [-0.25, -0.2) is 14.4 Å². The maximum absolute atomic E-state index is 11.9. The van der Waals surface area contributed by atoms with Crippen molar-refractivity contribution in [3.8, 4) is 0 Å². The molecule has 1 atom stereocenters. The van der Waals surface area contributed by atoms with Gasteiger partial charge in [-0.3, -0.25) is 4.79 Å². The molecular weight excluding hydrogens is 328 g/mol. The first kappa shape index (κ1) is 20.1. The first-order chi connectivity index (χ1) is 12.0. The monoisotopic (exact) mass is 348 g/mol. The molecule has 1 aromatic rings. The Balaban J connectivity index is 2.52. The van der Waals surface area contributed by atoms with Crippen molar-refractivity contribution in [3.63, 3.8) is 0 Å². The summed E-state index contributed by atoms with van der Waals surface area (Å²) in [5.41, 5.74) is 0.697. The van der Waals surface area contributed by atoms with Gasteiger partial charge in [0.15, 0.2) is 6.10 Å². The third-order valence-corrected chi connectivity index (χ3v) is 2.94. The third kappa shape index (κ3) is 7.92. The minimum atomic E-state index is -1.24. The van der Waals surface area contributed by atoms with E-state index in [1.54, 1.807) is 44.2 Å². The Morgan fingerprint density at radius 2 is 1.64 bits per heavy atom. The molecule has 0 heterocycles. The van der Waals surface area contributed by atoms with E-state index in [2.05, 4.69) is 4.74 Å². The molecule has 7 nitrogen and oxygen atoms in total. The molecule has 0 aliphatic carbocycles. The van der Waals surface area contributed by atoms with Crippen LogP contribution >= 0.6 is 0 Å². The highest BCUT2D eigenvalue weighted by Crippen LogP contribution is 2.06. The molecule has 0 aliphatic rings. The summed E-state index contributed by atoms with van der Waals surface area (Å²) in [5, 5.41) is 0. The van der Waals surface area contributed by atoms with Crippen LogP contribution in [0.4, 0.5) is 0 Å². The SMILES string of the molecule is CCOC(=O)/C=C\C(=O)OC(CC)C(=O)OC(=O)Cc1ccccc1. The Morgan fingerprint density at radius 1 is 1.00 bits per heavy atom. The summed E-state index contributed by atoms with van der Waals surface area (Å²) in [6.45, 7) is 3.39. The van der Waals surface area contributed by atoms with Crippen molar-refractivity contribution in [2.75, 3.05) is 6.61 Å². The topological polar surface area (TPSA) is 96.0 Å². The van der Waals surface area contributed by atoms with Crippen LogP contribution in [0.3, 0.4) is 0 Å². The number of carbonyl (C=O) groups excluding carboxylic acids is 4. The van der Waals surface area contributed by atoms with Crippen molar-refractivity contribution in [1.29, 1.82) is 0 Å². The second kappa shape index (κ2) is 10.7. The van der Waals surface area contributed by atoms with Gasteiger partial charge in [0, 0.05) is 12.2 Å². The zero-order valence-corrected chi connectivity index (χ0v) is 14.1. The number of carbonyl (C=O) groups is 4. The van der Waals surface area contributed by atoms with Crippen molar-refractivity contribution < 1.29 is 33.4 Å². The molecule has 0 spiro atoms. The second-order valence-electron chi connectivity index (χ2n) is 4.87. The van der Waals surface area contributed by atoms with Crippen LogP contribution in [0.15, 0.2) is 42.5 Å². The number of rotatable bonds is 8. The van der Waals surface area contributed by atoms with Gasteiger partial charge >= 0.3 is 23.9 Å². The Hall–Kier alpha value is -2.96. The van der Waals surface area contributed by atoms with Crippen LogP contribution < -0.4 is 0 Å². The van der Waals surface area contributed by atoms with E-state index >= 15 is 0 Å². The van der Waals surface area contributed by atoms with Gasteiger partial charge < -0.3 is 14.2 Å². The van der Waals surface area contributed by atoms with Gasteiger partial charge in [0.05, 0.1) is 13.0 Å². The van der Waals surface area contributed by atoms with Gasteiger partial charge in [-0.05, 0) is 18.9 Å². The Morgan fingerprint density at radius 3 is 2.24 bits per heavy atom. The molecule has 0 saturated heterocycles. The molecule has 0 radical (unpaired) electrons. The zero-order chi connectivity index (χ0) is 18.7. The van der Waals surface area contributed by atoms with E-state index in [0.29, 0.717) is 5.56 Å². The predicted molar refractivity (Wildman–Crippen MR) is 87.2 cm³/mol. The number of benzene rings is 1. The minimum absolute atomic E-state index is 0.0697. The van der Waals surface area contributed by atoms with Crippen molar-refractivity contribution in [3.05, 3.63) is 48.0 Å². The lowest BCUT2D eigenvalue weighted by Crippen LogP contribution is -2.30. The molecule has 1 aromatic carbocycles. The molecule has 7 heteroatoms. The predicted octanol–water partition coefficient (Wildman–Crippen LogP) is 1.74. The molecule has 134 valence electrons. The molecule has 25 heavy (non-hydrogen) atoms. The summed E-state index contributed by atoms with van der Waals surface area (Å²) in [6.07, 6.45) is 0.555. The van der Waals surface area contributed by atoms with Crippen molar-refractivity contribution >= 4 is 23.9 Å². The summed E-state index contributed by atoms with van der Waals surface area (Å²) in [6, 6.07) is 8.77. The van der Waals surface area contributed by atoms with Crippen molar-refractivity contribution in [2.45, 2.75) is 32.8 Å². The van der Waals surface area contributed by atoms with Gasteiger partial charge in [0.1, 0.15) is 0 Å². The maximum atomic E-state index is 11.9. The van der Waals surface area contributed by atoms with Gasteiger partial charge in [0.2, 0.25) is 0 Å². The summed E-state index contributed by atoms with van der Waals surface area (Å²) >= 11 is 0. The fourth-order valence-electron chi connectivity index (χ4n) is 1.78. The van der Waals surface area contributed by atoms with E-state index in [0.717, 1.165) is 12.2 Å². The second-order valence-corrected chi connectivity index (χ2v) is 4.87. The van der Waals surface area contributed by atoms with Crippen LogP contribution in [0.25, 0.3) is 0 Å². The van der Waals surface area contributed by atoms with E-state index in [9.17, 15) is 19.2 Å².